The summed E-state index contributed by atoms with van der Waals surface area (Å²) in [6.07, 6.45) is 0. The number of nitrogens with zero attached hydrogens (tertiary/aromatic N) is 1. The van der Waals surface area contributed by atoms with Crippen LogP contribution in [0.3, 0.4) is 0 Å². The van der Waals surface area contributed by atoms with Crippen LogP contribution >= 0.6 is 0 Å². The summed E-state index contributed by atoms with van der Waals surface area (Å²) in [4.78, 5) is 14.7. The van der Waals surface area contributed by atoms with Crippen molar-refractivity contribution >= 4 is 16.9 Å². The van der Waals surface area contributed by atoms with Crippen LogP contribution in [0.5, 0.6) is 5.75 Å². The SMILES string of the molecule is O=c1cc(N2CCOCC2)oc2cccc(OCc3ccccc3)c12. The highest BCUT2D eigenvalue weighted by Crippen LogP contribution is 2.27. The molecule has 4 rings (SSSR count). The molecule has 0 saturated carbocycles. The van der Waals surface area contributed by atoms with Crippen molar-refractivity contribution in [1.82, 2.24) is 0 Å². The van der Waals surface area contributed by atoms with E-state index in [0.29, 0.717) is 42.4 Å². The molecule has 128 valence electrons. The number of hydrogen-bond acceptors (Lipinski definition) is 5. The summed E-state index contributed by atoms with van der Waals surface area (Å²) in [6.45, 7) is 3.13. The minimum atomic E-state index is -0.0913. The van der Waals surface area contributed by atoms with Gasteiger partial charge in [-0.15, -0.1) is 0 Å². The average molecular weight is 337 g/mol. The van der Waals surface area contributed by atoms with Crippen LogP contribution in [0.25, 0.3) is 11.0 Å². The van der Waals surface area contributed by atoms with Crippen molar-refractivity contribution < 1.29 is 13.9 Å². The van der Waals surface area contributed by atoms with E-state index in [4.69, 9.17) is 13.9 Å². The molecule has 0 amide bonds. The van der Waals surface area contributed by atoms with Crippen molar-refractivity contribution in [3.05, 3.63) is 70.4 Å². The normalized spacial score (nSPS) is 14.6. The van der Waals surface area contributed by atoms with Crippen molar-refractivity contribution in [1.29, 1.82) is 0 Å². The highest BCUT2D eigenvalue weighted by atomic mass is 16.5. The lowest BCUT2D eigenvalue weighted by molar-refractivity contribution is 0.121. The molecule has 0 aliphatic carbocycles. The second-order valence-corrected chi connectivity index (χ2v) is 5.95. The number of hydrogen-bond donors (Lipinski definition) is 0. The quantitative estimate of drug-likeness (QED) is 0.732. The van der Waals surface area contributed by atoms with Gasteiger partial charge in [-0.2, -0.15) is 0 Å². The summed E-state index contributed by atoms with van der Waals surface area (Å²) in [5.41, 5.74) is 1.50. The first-order valence-corrected chi connectivity index (χ1v) is 8.37. The molecule has 1 aromatic heterocycles. The molecule has 0 radical (unpaired) electrons. The zero-order chi connectivity index (χ0) is 17.1. The Morgan fingerprint density at radius 2 is 1.80 bits per heavy atom. The number of ether oxygens (including phenoxy) is 2. The summed E-state index contributed by atoms with van der Waals surface area (Å²) in [5.74, 6) is 1.13. The van der Waals surface area contributed by atoms with Gasteiger partial charge in [0.25, 0.3) is 0 Å². The number of anilines is 1. The fourth-order valence-electron chi connectivity index (χ4n) is 2.96. The molecule has 1 aliphatic rings. The Morgan fingerprint density at radius 3 is 2.60 bits per heavy atom. The summed E-state index contributed by atoms with van der Waals surface area (Å²) in [7, 11) is 0. The first-order chi connectivity index (χ1) is 12.3. The Hall–Kier alpha value is -2.79. The average Bonchev–Trinajstić information content (AvgIpc) is 2.67. The molecule has 2 heterocycles. The van der Waals surface area contributed by atoms with Crippen molar-refractivity contribution in [3.63, 3.8) is 0 Å². The largest absolute Gasteiger partial charge is 0.488 e. The lowest BCUT2D eigenvalue weighted by atomic mass is 10.2. The van der Waals surface area contributed by atoms with E-state index in [1.807, 2.05) is 41.3 Å². The van der Waals surface area contributed by atoms with Crippen molar-refractivity contribution in [3.8, 4) is 5.75 Å². The van der Waals surface area contributed by atoms with Gasteiger partial charge in [-0.05, 0) is 17.7 Å². The standard InChI is InChI=1S/C20H19NO4/c22-16-13-19(21-9-11-23-12-10-21)25-18-8-4-7-17(20(16)18)24-14-15-5-2-1-3-6-15/h1-8,13H,9-12,14H2. The fourth-order valence-corrected chi connectivity index (χ4v) is 2.96. The van der Waals surface area contributed by atoms with Gasteiger partial charge in [0.05, 0.1) is 13.2 Å². The molecular formula is C20H19NO4. The Labute approximate surface area is 145 Å². The molecule has 0 atom stereocenters. The van der Waals surface area contributed by atoms with E-state index in [0.717, 1.165) is 18.7 Å². The molecule has 0 N–H and O–H groups in total. The lowest BCUT2D eigenvalue weighted by Crippen LogP contribution is -2.36. The van der Waals surface area contributed by atoms with Crippen molar-refractivity contribution in [2.24, 2.45) is 0 Å². The monoisotopic (exact) mass is 337 g/mol. The van der Waals surface area contributed by atoms with E-state index in [1.165, 1.54) is 0 Å². The third-order valence-corrected chi connectivity index (χ3v) is 4.26. The Balaban J connectivity index is 1.65. The Morgan fingerprint density at radius 1 is 1.00 bits per heavy atom. The number of benzene rings is 2. The summed E-state index contributed by atoms with van der Waals surface area (Å²) in [6, 6.07) is 16.9. The zero-order valence-electron chi connectivity index (χ0n) is 13.8. The minimum absolute atomic E-state index is 0.0913. The zero-order valence-corrected chi connectivity index (χ0v) is 13.8. The maximum Gasteiger partial charge on any atom is 0.200 e. The van der Waals surface area contributed by atoms with Gasteiger partial charge in [-0.25, -0.2) is 0 Å². The molecule has 1 saturated heterocycles. The van der Waals surface area contributed by atoms with Crippen LogP contribution in [0.4, 0.5) is 5.88 Å². The van der Waals surface area contributed by atoms with Crippen molar-refractivity contribution in [2.75, 3.05) is 31.2 Å². The van der Waals surface area contributed by atoms with E-state index in [-0.39, 0.29) is 5.43 Å². The van der Waals surface area contributed by atoms with Crippen LogP contribution in [-0.2, 0) is 11.3 Å². The maximum atomic E-state index is 12.7. The van der Waals surface area contributed by atoms with E-state index >= 15 is 0 Å². The predicted octanol–water partition coefficient (Wildman–Crippen LogP) is 3.21. The highest BCUT2D eigenvalue weighted by molar-refractivity contribution is 5.84. The maximum absolute atomic E-state index is 12.7. The Kier molecular flexibility index (Phi) is 4.39. The highest BCUT2D eigenvalue weighted by Gasteiger charge is 2.17. The molecule has 0 unspecified atom stereocenters. The molecule has 3 aromatic rings. The molecule has 0 bridgehead atoms. The van der Waals surface area contributed by atoms with Crippen LogP contribution in [0.2, 0.25) is 0 Å². The Bertz CT molecular complexity index is 914. The summed E-state index contributed by atoms with van der Waals surface area (Å²) >= 11 is 0. The second kappa shape index (κ2) is 6.99. The van der Waals surface area contributed by atoms with Gasteiger partial charge >= 0.3 is 0 Å². The van der Waals surface area contributed by atoms with Crippen LogP contribution in [0.1, 0.15) is 5.56 Å². The minimum Gasteiger partial charge on any atom is -0.488 e. The topological polar surface area (TPSA) is 51.9 Å². The van der Waals surface area contributed by atoms with E-state index in [1.54, 1.807) is 18.2 Å². The van der Waals surface area contributed by atoms with E-state index in [2.05, 4.69) is 0 Å². The smallest absolute Gasteiger partial charge is 0.200 e. The summed E-state index contributed by atoms with van der Waals surface area (Å²) in [5, 5.41) is 0.482. The molecule has 25 heavy (non-hydrogen) atoms. The van der Waals surface area contributed by atoms with Crippen LogP contribution in [-0.4, -0.2) is 26.3 Å². The lowest BCUT2D eigenvalue weighted by Gasteiger charge is -2.27. The van der Waals surface area contributed by atoms with Crippen molar-refractivity contribution in [2.45, 2.75) is 6.61 Å². The predicted molar refractivity (Wildman–Crippen MR) is 96.3 cm³/mol. The molecule has 1 fully saturated rings. The summed E-state index contributed by atoms with van der Waals surface area (Å²) < 4.78 is 17.2. The van der Waals surface area contributed by atoms with Crippen LogP contribution in [0, 0.1) is 0 Å². The molecule has 1 aliphatic heterocycles. The van der Waals surface area contributed by atoms with Crippen LogP contribution < -0.4 is 15.1 Å². The molecule has 5 heteroatoms. The first-order valence-electron chi connectivity index (χ1n) is 8.37. The van der Waals surface area contributed by atoms with Gasteiger partial charge < -0.3 is 18.8 Å². The fraction of sp³-hybridized carbons (Fsp3) is 0.250. The van der Waals surface area contributed by atoms with Gasteiger partial charge in [0.1, 0.15) is 23.3 Å². The number of morpholine rings is 1. The van der Waals surface area contributed by atoms with E-state index in [9.17, 15) is 4.79 Å². The number of fused-ring (bicyclic) bond motifs is 1. The first kappa shape index (κ1) is 15.7. The van der Waals surface area contributed by atoms with Gasteiger partial charge in [-0.3, -0.25) is 4.79 Å². The van der Waals surface area contributed by atoms with E-state index < -0.39 is 0 Å². The third-order valence-electron chi connectivity index (χ3n) is 4.26. The second-order valence-electron chi connectivity index (χ2n) is 5.95. The van der Waals surface area contributed by atoms with Gasteiger partial charge in [0.2, 0.25) is 0 Å². The van der Waals surface area contributed by atoms with Gasteiger partial charge in [-0.1, -0.05) is 36.4 Å². The molecule has 2 aromatic carbocycles. The van der Waals surface area contributed by atoms with Gasteiger partial charge in [0.15, 0.2) is 11.3 Å². The van der Waals surface area contributed by atoms with Gasteiger partial charge in [0, 0.05) is 19.2 Å². The molecule has 0 spiro atoms. The molecular weight excluding hydrogens is 318 g/mol. The number of rotatable bonds is 4. The third kappa shape index (κ3) is 3.37. The molecule has 5 nitrogen and oxygen atoms in total. The van der Waals surface area contributed by atoms with Crippen LogP contribution in [0.15, 0.2) is 63.8 Å².